The second-order valence-corrected chi connectivity index (χ2v) is 12.7. The average Bonchev–Trinajstić information content (AvgIpc) is 3.55. The SMILES string of the molecule is CCOP(CCCN1C(=O)c2c(OCc3ccccc3)c(=O)c(C(=O)NCc3ccc(F)cc3F)cn2N(C)C12CCOC2)OCC. The van der Waals surface area contributed by atoms with E-state index in [4.69, 9.17) is 18.5 Å². The lowest BCUT2D eigenvalue weighted by Crippen LogP contribution is -2.70. The van der Waals surface area contributed by atoms with Gasteiger partial charge in [-0.25, -0.2) is 8.78 Å². The molecule has 3 aromatic rings. The number of nitrogens with zero attached hydrogens (tertiary/aromatic N) is 3. The number of benzene rings is 2. The van der Waals surface area contributed by atoms with E-state index in [1.807, 2.05) is 44.2 Å². The fourth-order valence-electron chi connectivity index (χ4n) is 5.80. The van der Waals surface area contributed by atoms with Gasteiger partial charge in [-0.1, -0.05) is 36.4 Å². The topological polar surface area (TPSA) is 112 Å². The number of amides is 2. The zero-order valence-electron chi connectivity index (χ0n) is 26.7. The summed E-state index contributed by atoms with van der Waals surface area (Å²) in [4.78, 5) is 43.6. The molecule has 0 aliphatic carbocycles. The minimum atomic E-state index is -1.12. The van der Waals surface area contributed by atoms with Crippen molar-refractivity contribution in [1.82, 2.24) is 14.9 Å². The van der Waals surface area contributed by atoms with E-state index in [1.54, 1.807) is 17.0 Å². The van der Waals surface area contributed by atoms with Gasteiger partial charge in [0.25, 0.3) is 11.8 Å². The van der Waals surface area contributed by atoms with E-state index < -0.39 is 42.9 Å². The van der Waals surface area contributed by atoms with E-state index in [2.05, 4.69) is 5.32 Å². The Kier molecular flexibility index (Phi) is 11.2. The fourth-order valence-corrected chi connectivity index (χ4v) is 7.11. The first-order valence-electron chi connectivity index (χ1n) is 15.6. The van der Waals surface area contributed by atoms with E-state index >= 15 is 0 Å². The molecule has 11 nitrogen and oxygen atoms in total. The maximum absolute atomic E-state index is 14.5. The first-order valence-corrected chi connectivity index (χ1v) is 16.9. The van der Waals surface area contributed by atoms with Gasteiger partial charge in [-0.3, -0.25) is 24.1 Å². The summed E-state index contributed by atoms with van der Waals surface area (Å²) in [6, 6.07) is 12.1. The Balaban J connectivity index is 1.52. The summed E-state index contributed by atoms with van der Waals surface area (Å²) in [5.41, 5.74) is -1.23. The van der Waals surface area contributed by atoms with Gasteiger partial charge in [-0.15, -0.1) is 0 Å². The molecule has 14 heteroatoms. The summed E-state index contributed by atoms with van der Waals surface area (Å²) < 4.78 is 52.6. The number of fused-ring (bicyclic) bond motifs is 1. The molecule has 252 valence electrons. The third-order valence-electron chi connectivity index (χ3n) is 8.20. The van der Waals surface area contributed by atoms with Gasteiger partial charge in [0, 0.05) is 50.5 Å². The highest BCUT2D eigenvalue weighted by Crippen LogP contribution is 2.40. The van der Waals surface area contributed by atoms with Crippen molar-refractivity contribution in [2.75, 3.05) is 51.2 Å². The molecular formula is C33H39F2N4O7P. The summed E-state index contributed by atoms with van der Waals surface area (Å²) in [6.45, 7) is 5.46. The molecule has 1 spiro atoms. The van der Waals surface area contributed by atoms with Crippen LogP contribution in [0.25, 0.3) is 0 Å². The third-order valence-corrected chi connectivity index (χ3v) is 9.97. The molecule has 0 radical (unpaired) electrons. The van der Waals surface area contributed by atoms with Crippen LogP contribution in [-0.4, -0.2) is 73.2 Å². The molecule has 2 amide bonds. The highest BCUT2D eigenvalue weighted by Gasteiger charge is 2.52. The first-order chi connectivity index (χ1) is 22.7. The molecule has 1 unspecified atom stereocenters. The predicted molar refractivity (Wildman–Crippen MR) is 172 cm³/mol. The number of rotatable bonds is 14. The zero-order chi connectivity index (χ0) is 33.6. The number of pyridine rings is 1. The monoisotopic (exact) mass is 672 g/mol. The van der Waals surface area contributed by atoms with Crippen molar-refractivity contribution in [3.8, 4) is 5.75 Å². The van der Waals surface area contributed by atoms with E-state index in [1.165, 1.54) is 16.9 Å². The van der Waals surface area contributed by atoms with Crippen LogP contribution >= 0.6 is 8.38 Å². The van der Waals surface area contributed by atoms with Crippen LogP contribution in [-0.2, 0) is 26.9 Å². The highest BCUT2D eigenvalue weighted by atomic mass is 31.2. The quantitative estimate of drug-likeness (QED) is 0.249. The van der Waals surface area contributed by atoms with Gasteiger partial charge >= 0.3 is 0 Å². The Morgan fingerprint density at radius 3 is 2.49 bits per heavy atom. The molecule has 2 aromatic carbocycles. The van der Waals surface area contributed by atoms with Crippen molar-refractivity contribution >= 4 is 20.2 Å². The molecule has 2 aliphatic heterocycles. The number of carbonyl (C=O) groups is 2. The van der Waals surface area contributed by atoms with Crippen molar-refractivity contribution in [1.29, 1.82) is 0 Å². The Bertz CT molecular complexity index is 1630. The Labute approximate surface area is 273 Å². The van der Waals surface area contributed by atoms with Crippen LogP contribution in [0.5, 0.6) is 5.75 Å². The van der Waals surface area contributed by atoms with Gasteiger partial charge in [0.2, 0.25) is 5.43 Å². The molecule has 1 atom stereocenters. The maximum atomic E-state index is 14.5. The molecule has 1 fully saturated rings. The number of carbonyl (C=O) groups excluding carboxylic acids is 2. The molecular weight excluding hydrogens is 633 g/mol. The molecule has 0 saturated carbocycles. The average molecular weight is 673 g/mol. The van der Waals surface area contributed by atoms with Gasteiger partial charge in [0.15, 0.2) is 25.5 Å². The lowest BCUT2D eigenvalue weighted by Gasteiger charge is -2.52. The van der Waals surface area contributed by atoms with Crippen LogP contribution in [0.15, 0.2) is 59.5 Å². The van der Waals surface area contributed by atoms with E-state index in [0.29, 0.717) is 45.4 Å². The molecule has 47 heavy (non-hydrogen) atoms. The van der Waals surface area contributed by atoms with E-state index in [-0.39, 0.29) is 42.3 Å². The number of ether oxygens (including phenoxy) is 2. The van der Waals surface area contributed by atoms with Crippen LogP contribution in [0.3, 0.4) is 0 Å². The lowest BCUT2D eigenvalue weighted by atomic mass is 10.0. The highest BCUT2D eigenvalue weighted by molar-refractivity contribution is 7.47. The summed E-state index contributed by atoms with van der Waals surface area (Å²) in [6.07, 6.45) is 2.98. The molecule has 2 aliphatic rings. The standard InChI is InChI=1S/C33H39F2N4O7P/c1-4-45-47(46-5-2)17-9-15-38-32(42)28-30(44-21-23-10-7-6-8-11-23)29(40)26(20-39(28)37(3)33(38)14-16-43-22-33)31(41)36-19-24-12-13-25(34)18-27(24)35/h6-8,10-13,18,20H,4-5,9,14-17,19,21-22H2,1-3H3,(H,36,41). The predicted octanol–water partition coefficient (Wildman–Crippen LogP) is 4.55. The molecule has 0 bridgehead atoms. The molecule has 5 rings (SSSR count). The van der Waals surface area contributed by atoms with Crippen molar-refractivity contribution in [2.24, 2.45) is 0 Å². The lowest BCUT2D eigenvalue weighted by molar-refractivity contribution is 0.0220. The zero-order valence-corrected chi connectivity index (χ0v) is 27.6. The van der Waals surface area contributed by atoms with Crippen molar-refractivity contribution in [3.63, 3.8) is 0 Å². The second kappa shape index (κ2) is 15.3. The molecule has 1 aromatic heterocycles. The van der Waals surface area contributed by atoms with Crippen LogP contribution in [0.2, 0.25) is 0 Å². The molecule has 1 N–H and O–H groups in total. The smallest absolute Gasteiger partial charge is 0.278 e. The fraction of sp³-hybridized carbons (Fsp3) is 0.424. The van der Waals surface area contributed by atoms with E-state index in [0.717, 1.165) is 17.7 Å². The third kappa shape index (κ3) is 7.33. The van der Waals surface area contributed by atoms with Crippen molar-refractivity contribution < 1.29 is 36.9 Å². The summed E-state index contributed by atoms with van der Waals surface area (Å²) in [5, 5.41) is 4.35. The number of halogens is 2. The van der Waals surface area contributed by atoms with Gasteiger partial charge in [0.05, 0.1) is 26.4 Å². The normalized spacial score (nSPS) is 17.4. The Hall–Kier alpha value is -3.90. The van der Waals surface area contributed by atoms with Crippen LogP contribution < -0.4 is 20.5 Å². The van der Waals surface area contributed by atoms with Crippen molar-refractivity contribution in [3.05, 3.63) is 99.0 Å². The first kappa shape index (κ1) is 34.4. The number of hydrogen-bond donors (Lipinski definition) is 1. The van der Waals surface area contributed by atoms with Gasteiger partial charge in [0.1, 0.15) is 23.8 Å². The largest absolute Gasteiger partial charge is 0.482 e. The maximum Gasteiger partial charge on any atom is 0.278 e. The summed E-state index contributed by atoms with van der Waals surface area (Å²) >= 11 is 0. The number of likely N-dealkylation sites (N-methyl/N-ethyl adjacent to an activating group) is 1. The number of nitrogens with one attached hydrogen (secondary N) is 1. The minimum absolute atomic E-state index is 0.0241. The molecule has 1 saturated heterocycles. The van der Waals surface area contributed by atoms with E-state index in [9.17, 15) is 23.2 Å². The summed E-state index contributed by atoms with van der Waals surface area (Å²) in [7, 11) is 0.652. The second-order valence-electron chi connectivity index (χ2n) is 11.1. The van der Waals surface area contributed by atoms with Gasteiger partial charge in [-0.2, -0.15) is 0 Å². The van der Waals surface area contributed by atoms with Crippen LogP contribution in [0.1, 0.15) is 58.7 Å². The van der Waals surface area contributed by atoms with Crippen molar-refractivity contribution in [2.45, 2.75) is 45.5 Å². The Morgan fingerprint density at radius 2 is 1.83 bits per heavy atom. The van der Waals surface area contributed by atoms with Gasteiger partial charge < -0.3 is 28.7 Å². The number of aromatic nitrogens is 1. The van der Waals surface area contributed by atoms with Gasteiger partial charge in [-0.05, 0) is 31.9 Å². The van der Waals surface area contributed by atoms with Crippen LogP contribution in [0.4, 0.5) is 8.78 Å². The Morgan fingerprint density at radius 1 is 1.09 bits per heavy atom. The minimum Gasteiger partial charge on any atom is -0.482 e. The molecule has 3 heterocycles. The summed E-state index contributed by atoms with van der Waals surface area (Å²) in [5.74, 6) is -3.11. The number of hydrogen-bond acceptors (Lipinski definition) is 8. The van der Waals surface area contributed by atoms with Crippen LogP contribution in [0, 0.1) is 11.6 Å².